The van der Waals surface area contributed by atoms with Crippen LogP contribution in [-0.4, -0.2) is 67.1 Å². The van der Waals surface area contributed by atoms with Gasteiger partial charge in [0.25, 0.3) is 5.91 Å². The van der Waals surface area contributed by atoms with E-state index in [4.69, 9.17) is 21.2 Å². The van der Waals surface area contributed by atoms with Crippen molar-refractivity contribution in [2.24, 2.45) is 5.92 Å². The number of hydrogen-bond acceptors (Lipinski definition) is 7. The minimum atomic E-state index is -5.34. The molecule has 3 aromatic rings. The molecule has 1 atom stereocenters. The van der Waals surface area contributed by atoms with Crippen molar-refractivity contribution in [1.82, 2.24) is 14.5 Å². The lowest BCUT2D eigenvalue weighted by molar-refractivity contribution is -0.235. The van der Waals surface area contributed by atoms with Gasteiger partial charge in [0.05, 0.1) is 19.2 Å². The number of anilines is 1. The molecule has 1 aromatic heterocycles. The molecule has 1 unspecified atom stereocenters. The first-order valence-electron chi connectivity index (χ1n) is 13.6. The van der Waals surface area contributed by atoms with Crippen molar-refractivity contribution in [1.29, 1.82) is 0 Å². The molecule has 1 fully saturated rings. The summed E-state index contributed by atoms with van der Waals surface area (Å²) in [6.45, 7) is 0.225. The molecule has 0 spiro atoms. The molecule has 0 aliphatic carbocycles. The Hall–Kier alpha value is -4.16. The van der Waals surface area contributed by atoms with Gasteiger partial charge in [0.2, 0.25) is 0 Å². The van der Waals surface area contributed by atoms with Crippen LogP contribution in [0.4, 0.5) is 24.5 Å². The van der Waals surface area contributed by atoms with E-state index in [0.717, 1.165) is 5.69 Å². The Kier molecular flexibility index (Phi) is 8.61. The van der Waals surface area contributed by atoms with Crippen molar-refractivity contribution < 1.29 is 37.1 Å². The standard InChI is InChI=1S/C30H29ClF3N4O5/c1-42-26-16-22(31)6-7-24(26)28(40)37-17-21-4-2-3-5-25(21)38(27(39)18-37,43-29(41)30(32,33)34)19-20-10-14-36(15-11-20)23-8-12-35-13-9-23/h2-9,12-13,16,20H,10-11,14-15,17-19H2,1H3/q+1. The number of aromatic nitrogens is 1. The Balaban J connectivity index is 1.50. The first kappa shape index (κ1) is 30.3. The van der Waals surface area contributed by atoms with Crippen molar-refractivity contribution in [3.8, 4) is 5.75 Å². The summed E-state index contributed by atoms with van der Waals surface area (Å²) in [6.07, 6.45) is -0.920. The molecule has 0 radical (unpaired) electrons. The lowest BCUT2D eigenvalue weighted by atomic mass is 9.95. The number of piperidine rings is 1. The molecule has 2 aliphatic heterocycles. The molecular formula is C30H29ClF3N4O5+. The van der Waals surface area contributed by atoms with Crippen LogP contribution in [0.2, 0.25) is 5.02 Å². The van der Waals surface area contributed by atoms with Crippen molar-refractivity contribution in [3.05, 3.63) is 83.1 Å². The van der Waals surface area contributed by atoms with Gasteiger partial charge in [-0.05, 0) is 47.8 Å². The predicted molar refractivity (Wildman–Crippen MR) is 152 cm³/mol. The van der Waals surface area contributed by atoms with E-state index in [-0.39, 0.29) is 36.0 Å². The van der Waals surface area contributed by atoms with E-state index >= 15 is 0 Å². The summed E-state index contributed by atoms with van der Waals surface area (Å²) in [5, 5.41) is 0.329. The molecule has 2 amide bonds. The second-order valence-electron chi connectivity index (χ2n) is 10.5. The van der Waals surface area contributed by atoms with Gasteiger partial charge >= 0.3 is 18.1 Å². The number of carbonyl (C=O) groups is 3. The Labute approximate surface area is 250 Å². The Morgan fingerprint density at radius 3 is 2.42 bits per heavy atom. The zero-order valence-corrected chi connectivity index (χ0v) is 24.0. The number of carbonyl (C=O) groups excluding carboxylic acids is 3. The fraction of sp³-hybridized carbons (Fsp3) is 0.333. The number of ether oxygens (including phenoxy) is 1. The number of halogens is 4. The van der Waals surface area contributed by atoms with Crippen LogP contribution in [0.15, 0.2) is 67.0 Å². The largest absolute Gasteiger partial charge is 0.497 e. The van der Waals surface area contributed by atoms with Crippen LogP contribution in [0.5, 0.6) is 5.75 Å². The molecule has 1 saturated heterocycles. The number of rotatable bonds is 6. The van der Waals surface area contributed by atoms with Crippen molar-refractivity contribution in [2.75, 3.05) is 38.2 Å². The average Bonchev–Trinajstić information content (AvgIpc) is 3.11. The summed E-state index contributed by atoms with van der Waals surface area (Å²) in [5.41, 5.74) is 1.54. The van der Waals surface area contributed by atoms with Gasteiger partial charge in [-0.2, -0.15) is 13.2 Å². The van der Waals surface area contributed by atoms with Crippen molar-refractivity contribution in [3.63, 3.8) is 0 Å². The normalized spacial score (nSPS) is 19.4. The second kappa shape index (κ2) is 12.2. The maximum absolute atomic E-state index is 14.1. The summed E-state index contributed by atoms with van der Waals surface area (Å²) in [6, 6.07) is 14.4. The maximum Gasteiger partial charge on any atom is 0.497 e. The summed E-state index contributed by atoms with van der Waals surface area (Å²) in [4.78, 5) is 52.8. The molecule has 0 N–H and O–H groups in total. The molecular weight excluding hydrogens is 589 g/mol. The van der Waals surface area contributed by atoms with E-state index < -0.39 is 35.2 Å². The number of amides is 2. The van der Waals surface area contributed by atoms with Crippen molar-refractivity contribution in [2.45, 2.75) is 25.6 Å². The number of quaternary nitrogens is 1. The van der Waals surface area contributed by atoms with Gasteiger partial charge in [0.1, 0.15) is 18.8 Å². The number of nitrogens with zero attached hydrogens (tertiary/aromatic N) is 4. The van der Waals surface area contributed by atoms with Gasteiger partial charge in [-0.1, -0.05) is 29.8 Å². The third-order valence-corrected chi connectivity index (χ3v) is 8.02. The minimum absolute atomic E-state index is 0.0834. The monoisotopic (exact) mass is 617 g/mol. The highest BCUT2D eigenvalue weighted by Crippen LogP contribution is 2.38. The quantitative estimate of drug-likeness (QED) is 0.353. The number of alkyl halides is 3. The van der Waals surface area contributed by atoms with Crippen LogP contribution in [0.1, 0.15) is 28.8 Å². The number of fused-ring (bicyclic) bond motifs is 1. The first-order chi connectivity index (χ1) is 20.5. The van der Waals surface area contributed by atoms with E-state index in [1.807, 2.05) is 12.1 Å². The van der Waals surface area contributed by atoms with Crippen LogP contribution in [0.3, 0.4) is 0 Å². The van der Waals surface area contributed by atoms with E-state index in [1.54, 1.807) is 30.6 Å². The SMILES string of the molecule is COc1cc(Cl)ccc1C(=O)N1CC(=O)[N+](CC2CCN(c3ccncc3)CC2)(OC(=O)C(F)(F)F)c2ccccc2C1. The van der Waals surface area contributed by atoms with E-state index in [2.05, 4.69) is 9.88 Å². The number of hydroxylamine groups is 2. The molecule has 0 saturated carbocycles. The van der Waals surface area contributed by atoms with Crippen LogP contribution in [-0.2, 0) is 21.0 Å². The molecule has 3 heterocycles. The zero-order valence-electron chi connectivity index (χ0n) is 23.2. The smallest absolute Gasteiger partial charge is 0.496 e. The molecule has 2 aromatic carbocycles. The minimum Gasteiger partial charge on any atom is -0.496 e. The van der Waals surface area contributed by atoms with Gasteiger partial charge in [0.15, 0.2) is 5.69 Å². The molecule has 43 heavy (non-hydrogen) atoms. The molecule has 226 valence electrons. The number of methoxy groups -OCH3 is 1. The van der Waals surface area contributed by atoms with Crippen LogP contribution >= 0.6 is 11.6 Å². The number of para-hydroxylation sites is 1. The molecule has 2 aliphatic rings. The maximum atomic E-state index is 14.1. The number of benzene rings is 2. The third-order valence-electron chi connectivity index (χ3n) is 7.78. The van der Waals surface area contributed by atoms with E-state index in [0.29, 0.717) is 36.5 Å². The van der Waals surface area contributed by atoms with Gasteiger partial charge in [-0.3, -0.25) is 14.6 Å². The van der Waals surface area contributed by atoms with Gasteiger partial charge in [-0.15, -0.1) is 0 Å². The van der Waals surface area contributed by atoms with Crippen LogP contribution < -0.4 is 14.3 Å². The first-order valence-corrected chi connectivity index (χ1v) is 14.0. The summed E-state index contributed by atoms with van der Waals surface area (Å²) in [5.74, 6) is -4.05. The second-order valence-corrected chi connectivity index (χ2v) is 10.9. The highest BCUT2D eigenvalue weighted by molar-refractivity contribution is 6.30. The Morgan fingerprint density at radius 1 is 1.05 bits per heavy atom. The highest BCUT2D eigenvalue weighted by Gasteiger charge is 2.56. The molecule has 0 bridgehead atoms. The topological polar surface area (TPSA) is 89.0 Å². The number of hydrogen-bond donors (Lipinski definition) is 0. The van der Waals surface area contributed by atoms with Crippen molar-refractivity contribution >= 4 is 40.8 Å². The lowest BCUT2D eigenvalue weighted by Crippen LogP contribution is -2.61. The van der Waals surface area contributed by atoms with Gasteiger partial charge in [0, 0.05) is 53.7 Å². The van der Waals surface area contributed by atoms with Crippen LogP contribution in [0, 0.1) is 5.92 Å². The van der Waals surface area contributed by atoms with Crippen LogP contribution in [0.25, 0.3) is 0 Å². The summed E-state index contributed by atoms with van der Waals surface area (Å²) >= 11 is 6.05. The number of pyridine rings is 1. The summed E-state index contributed by atoms with van der Waals surface area (Å²) < 4.78 is 44.9. The highest BCUT2D eigenvalue weighted by atomic mass is 35.5. The van der Waals surface area contributed by atoms with Gasteiger partial charge < -0.3 is 14.5 Å². The van der Waals surface area contributed by atoms with Gasteiger partial charge in [-0.25, -0.2) is 9.59 Å². The fourth-order valence-corrected chi connectivity index (χ4v) is 5.81. The fourth-order valence-electron chi connectivity index (χ4n) is 5.65. The van der Waals surface area contributed by atoms with E-state index in [1.165, 1.54) is 36.3 Å². The average molecular weight is 618 g/mol. The Morgan fingerprint density at radius 2 is 1.74 bits per heavy atom. The summed E-state index contributed by atoms with van der Waals surface area (Å²) in [7, 11) is 1.36. The molecule has 5 rings (SSSR count). The predicted octanol–water partition coefficient (Wildman–Crippen LogP) is 5.17. The lowest BCUT2D eigenvalue weighted by Gasteiger charge is -2.38. The van der Waals surface area contributed by atoms with E-state index in [9.17, 15) is 27.6 Å². The molecule has 13 heteroatoms. The third kappa shape index (κ3) is 6.30. The Bertz CT molecular complexity index is 1520. The zero-order chi connectivity index (χ0) is 30.8. The molecule has 9 nitrogen and oxygen atoms in total.